The lowest BCUT2D eigenvalue weighted by atomic mass is 10.1. The van der Waals surface area contributed by atoms with Crippen molar-refractivity contribution in [2.75, 3.05) is 6.54 Å². The van der Waals surface area contributed by atoms with E-state index in [4.69, 9.17) is 10.8 Å². The Labute approximate surface area is 85.9 Å². The van der Waals surface area contributed by atoms with E-state index in [9.17, 15) is 4.79 Å². The Morgan fingerprint density at radius 3 is 2.43 bits per heavy atom. The molecule has 0 saturated carbocycles. The molecule has 0 aromatic heterocycles. The van der Waals surface area contributed by atoms with Crippen molar-refractivity contribution in [2.45, 2.75) is 45.8 Å². The molecular weight excluding hydrogens is 180 g/mol. The number of amides is 1. The van der Waals surface area contributed by atoms with Gasteiger partial charge >= 0.3 is 0 Å². The lowest BCUT2D eigenvalue weighted by molar-refractivity contribution is -0.123. The quantitative estimate of drug-likeness (QED) is 0.540. The normalized spacial score (nSPS) is 15.3. The molecule has 0 aromatic rings. The van der Waals surface area contributed by atoms with Crippen LogP contribution in [-0.4, -0.2) is 29.7 Å². The van der Waals surface area contributed by atoms with Crippen molar-refractivity contribution < 1.29 is 9.90 Å². The number of hydrogen-bond donors (Lipinski definition) is 3. The first-order valence-corrected chi connectivity index (χ1v) is 5.16. The van der Waals surface area contributed by atoms with Crippen molar-refractivity contribution in [3.05, 3.63) is 0 Å². The van der Waals surface area contributed by atoms with E-state index < -0.39 is 6.04 Å². The summed E-state index contributed by atoms with van der Waals surface area (Å²) in [6, 6.07) is -0.429. The average molecular weight is 202 g/mol. The maximum absolute atomic E-state index is 11.3. The number of carbonyl (C=O) groups is 1. The van der Waals surface area contributed by atoms with Crippen LogP contribution in [0, 0.1) is 5.92 Å². The first-order chi connectivity index (χ1) is 6.45. The fourth-order valence-corrected chi connectivity index (χ4v) is 1.03. The molecule has 4 N–H and O–H groups in total. The summed E-state index contributed by atoms with van der Waals surface area (Å²) < 4.78 is 0. The number of aliphatic hydroxyl groups excluding tert-OH is 1. The molecular formula is C10H22N2O2. The Hall–Kier alpha value is -0.610. The molecule has 1 unspecified atom stereocenters. The van der Waals surface area contributed by atoms with Crippen LogP contribution in [0.1, 0.15) is 33.6 Å². The van der Waals surface area contributed by atoms with Crippen LogP contribution in [-0.2, 0) is 4.79 Å². The maximum atomic E-state index is 11.3. The van der Waals surface area contributed by atoms with Gasteiger partial charge in [-0.1, -0.05) is 13.8 Å². The second-order valence-corrected chi connectivity index (χ2v) is 4.05. The van der Waals surface area contributed by atoms with Crippen LogP contribution in [0.2, 0.25) is 0 Å². The van der Waals surface area contributed by atoms with Gasteiger partial charge < -0.3 is 16.2 Å². The van der Waals surface area contributed by atoms with Crippen LogP contribution < -0.4 is 11.1 Å². The number of nitrogens with two attached hydrogens (primary N) is 1. The van der Waals surface area contributed by atoms with Crippen molar-refractivity contribution in [3.63, 3.8) is 0 Å². The molecule has 84 valence electrons. The fourth-order valence-electron chi connectivity index (χ4n) is 1.03. The summed E-state index contributed by atoms with van der Waals surface area (Å²) >= 11 is 0. The van der Waals surface area contributed by atoms with Gasteiger partial charge in [0.15, 0.2) is 0 Å². The van der Waals surface area contributed by atoms with Gasteiger partial charge in [0.25, 0.3) is 0 Å². The van der Waals surface area contributed by atoms with E-state index in [0.29, 0.717) is 13.0 Å². The number of hydrogen-bond acceptors (Lipinski definition) is 3. The van der Waals surface area contributed by atoms with Crippen LogP contribution in [0.15, 0.2) is 0 Å². The molecule has 0 fully saturated rings. The molecule has 14 heavy (non-hydrogen) atoms. The molecule has 2 atom stereocenters. The molecule has 0 bridgehead atoms. The van der Waals surface area contributed by atoms with Gasteiger partial charge in [-0.3, -0.25) is 4.79 Å². The predicted molar refractivity (Wildman–Crippen MR) is 56.7 cm³/mol. The van der Waals surface area contributed by atoms with Crippen LogP contribution in [0.4, 0.5) is 0 Å². The highest BCUT2D eigenvalue weighted by molar-refractivity contribution is 5.81. The van der Waals surface area contributed by atoms with Crippen molar-refractivity contribution in [3.8, 4) is 0 Å². The zero-order valence-corrected chi connectivity index (χ0v) is 9.29. The summed E-state index contributed by atoms with van der Waals surface area (Å²) in [4.78, 5) is 11.3. The van der Waals surface area contributed by atoms with Crippen molar-refractivity contribution in [1.29, 1.82) is 0 Å². The fraction of sp³-hybridized carbons (Fsp3) is 0.900. The minimum absolute atomic E-state index is 0.106. The molecule has 0 saturated heterocycles. The van der Waals surface area contributed by atoms with Gasteiger partial charge in [-0.05, 0) is 25.7 Å². The summed E-state index contributed by atoms with van der Waals surface area (Å²) in [6.07, 6.45) is 1.19. The first kappa shape index (κ1) is 13.4. The van der Waals surface area contributed by atoms with E-state index in [1.807, 2.05) is 13.8 Å². The Balaban J connectivity index is 3.54. The third-order valence-electron chi connectivity index (χ3n) is 2.12. The third-order valence-corrected chi connectivity index (χ3v) is 2.12. The highest BCUT2D eigenvalue weighted by Crippen LogP contribution is 1.98. The number of rotatable bonds is 6. The Bertz CT molecular complexity index is 170. The molecule has 0 heterocycles. The van der Waals surface area contributed by atoms with E-state index >= 15 is 0 Å². The molecule has 0 radical (unpaired) electrons. The molecule has 0 aliphatic carbocycles. The van der Waals surface area contributed by atoms with Gasteiger partial charge in [0.05, 0.1) is 12.1 Å². The van der Waals surface area contributed by atoms with Crippen molar-refractivity contribution in [2.24, 2.45) is 11.7 Å². The van der Waals surface area contributed by atoms with Crippen LogP contribution in [0.5, 0.6) is 0 Å². The monoisotopic (exact) mass is 202 g/mol. The highest BCUT2D eigenvalue weighted by Gasteiger charge is 2.15. The maximum Gasteiger partial charge on any atom is 0.237 e. The third kappa shape index (κ3) is 5.94. The summed E-state index contributed by atoms with van der Waals surface area (Å²) in [5.41, 5.74) is 5.64. The molecule has 0 aliphatic rings. The van der Waals surface area contributed by atoms with E-state index in [-0.39, 0.29) is 17.9 Å². The molecule has 0 aliphatic heterocycles. The molecule has 4 nitrogen and oxygen atoms in total. The van der Waals surface area contributed by atoms with E-state index in [1.165, 1.54) is 0 Å². The van der Waals surface area contributed by atoms with Gasteiger partial charge in [0, 0.05) is 6.54 Å². The minimum Gasteiger partial charge on any atom is -0.393 e. The van der Waals surface area contributed by atoms with E-state index in [1.54, 1.807) is 6.92 Å². The Kier molecular flexibility index (Phi) is 6.49. The Morgan fingerprint density at radius 1 is 1.43 bits per heavy atom. The zero-order valence-electron chi connectivity index (χ0n) is 9.29. The largest absolute Gasteiger partial charge is 0.393 e. The molecule has 4 heteroatoms. The molecule has 0 rings (SSSR count). The summed E-state index contributed by atoms with van der Waals surface area (Å²) in [5, 5.41) is 11.7. The lowest BCUT2D eigenvalue weighted by Crippen LogP contribution is -2.44. The first-order valence-electron chi connectivity index (χ1n) is 5.16. The SMILES string of the molecule is CC(O)CCCNC(=O)[C@@H](N)C(C)C. The van der Waals surface area contributed by atoms with Gasteiger partial charge in [-0.2, -0.15) is 0 Å². The standard InChI is InChI=1S/C10H22N2O2/c1-7(2)9(11)10(14)12-6-4-5-8(3)13/h7-9,13H,4-6,11H2,1-3H3,(H,12,14)/t8?,9-/m0/s1. The average Bonchev–Trinajstić information content (AvgIpc) is 2.10. The predicted octanol–water partition coefficient (Wildman–Crippen LogP) is 0.247. The second-order valence-electron chi connectivity index (χ2n) is 4.05. The highest BCUT2D eigenvalue weighted by atomic mass is 16.3. The van der Waals surface area contributed by atoms with Crippen LogP contribution in [0.3, 0.4) is 0 Å². The van der Waals surface area contributed by atoms with Crippen molar-refractivity contribution in [1.82, 2.24) is 5.32 Å². The number of nitrogens with one attached hydrogen (secondary N) is 1. The topological polar surface area (TPSA) is 75.3 Å². The van der Waals surface area contributed by atoms with Crippen LogP contribution >= 0.6 is 0 Å². The van der Waals surface area contributed by atoms with E-state index in [2.05, 4.69) is 5.32 Å². The minimum atomic E-state index is -0.429. The number of aliphatic hydroxyl groups is 1. The van der Waals surface area contributed by atoms with Gasteiger partial charge in [0.1, 0.15) is 0 Å². The molecule has 1 amide bonds. The Morgan fingerprint density at radius 2 is 2.00 bits per heavy atom. The van der Waals surface area contributed by atoms with Crippen molar-refractivity contribution >= 4 is 5.91 Å². The summed E-state index contributed by atoms with van der Waals surface area (Å²) in [6.45, 7) is 6.16. The van der Waals surface area contributed by atoms with Gasteiger partial charge in [0.2, 0.25) is 5.91 Å². The molecule has 0 spiro atoms. The smallest absolute Gasteiger partial charge is 0.237 e. The lowest BCUT2D eigenvalue weighted by Gasteiger charge is -2.15. The summed E-state index contributed by atoms with van der Waals surface area (Å²) in [7, 11) is 0. The van der Waals surface area contributed by atoms with Gasteiger partial charge in [-0.25, -0.2) is 0 Å². The number of carbonyl (C=O) groups excluding carboxylic acids is 1. The van der Waals surface area contributed by atoms with Gasteiger partial charge in [-0.15, -0.1) is 0 Å². The molecule has 0 aromatic carbocycles. The zero-order chi connectivity index (χ0) is 11.1. The summed E-state index contributed by atoms with van der Waals surface area (Å²) in [5.74, 6) is 0.0531. The second kappa shape index (κ2) is 6.79. The van der Waals surface area contributed by atoms with Crippen LogP contribution in [0.25, 0.3) is 0 Å². The van der Waals surface area contributed by atoms with E-state index in [0.717, 1.165) is 6.42 Å².